The van der Waals surface area contributed by atoms with E-state index in [9.17, 15) is 9.59 Å². The van der Waals surface area contributed by atoms with E-state index in [4.69, 9.17) is 0 Å². The van der Waals surface area contributed by atoms with Crippen LogP contribution in [-0.4, -0.2) is 22.2 Å². The Labute approximate surface area is 158 Å². The predicted molar refractivity (Wildman–Crippen MR) is 106 cm³/mol. The molecule has 0 saturated carbocycles. The third-order valence-electron chi connectivity index (χ3n) is 5.15. The van der Waals surface area contributed by atoms with Crippen molar-refractivity contribution in [2.45, 2.75) is 38.6 Å². The number of hydrogen-bond donors (Lipinski definition) is 1. The summed E-state index contributed by atoms with van der Waals surface area (Å²) in [6, 6.07) is 15.8. The second-order valence-corrected chi connectivity index (χ2v) is 7.05. The molecule has 0 spiro atoms. The molecule has 3 aromatic rings. The summed E-state index contributed by atoms with van der Waals surface area (Å²) in [4.78, 5) is 24.5. The molecule has 1 aliphatic carbocycles. The summed E-state index contributed by atoms with van der Waals surface area (Å²) in [5.74, 6) is -0.0441. The Morgan fingerprint density at radius 2 is 1.89 bits per heavy atom. The Bertz CT molecular complexity index is 1030. The Morgan fingerprint density at radius 3 is 2.81 bits per heavy atom. The molecule has 0 unspecified atom stereocenters. The summed E-state index contributed by atoms with van der Waals surface area (Å²) < 4.78 is 1.47. The molecular weight excluding hydrogens is 338 g/mol. The smallest absolute Gasteiger partial charge is 0.267 e. The van der Waals surface area contributed by atoms with Crippen molar-refractivity contribution >= 4 is 16.7 Å². The number of fused-ring (bicyclic) bond motifs is 2. The van der Waals surface area contributed by atoms with Gasteiger partial charge in [0.25, 0.3) is 5.56 Å². The van der Waals surface area contributed by atoms with Crippen molar-refractivity contribution in [3.63, 3.8) is 0 Å². The first kappa shape index (κ1) is 17.5. The summed E-state index contributed by atoms with van der Waals surface area (Å²) in [6.07, 6.45) is 4.46. The minimum absolute atomic E-state index is 0.0441. The van der Waals surface area contributed by atoms with Crippen LogP contribution in [0.1, 0.15) is 29.7 Å². The van der Waals surface area contributed by atoms with Crippen LogP contribution in [0.15, 0.2) is 53.3 Å². The van der Waals surface area contributed by atoms with E-state index in [1.165, 1.54) is 4.68 Å². The number of nitrogens with one attached hydrogen (secondary N) is 1. The minimum atomic E-state index is -0.0843. The average Bonchev–Trinajstić information content (AvgIpc) is 2.69. The van der Waals surface area contributed by atoms with Crippen LogP contribution in [0.2, 0.25) is 0 Å². The number of aryl methyl sites for hydroxylation is 2. The molecule has 1 N–H and O–H groups in total. The van der Waals surface area contributed by atoms with Gasteiger partial charge in [-0.1, -0.05) is 42.5 Å². The number of aromatic nitrogens is 2. The molecule has 4 rings (SSSR count). The zero-order valence-corrected chi connectivity index (χ0v) is 15.3. The fourth-order valence-corrected chi connectivity index (χ4v) is 3.74. The molecule has 0 radical (unpaired) electrons. The van der Waals surface area contributed by atoms with E-state index in [-0.39, 0.29) is 11.5 Å². The highest BCUT2D eigenvalue weighted by atomic mass is 16.1. The summed E-state index contributed by atoms with van der Waals surface area (Å²) in [7, 11) is 0. The van der Waals surface area contributed by atoms with Crippen molar-refractivity contribution < 1.29 is 4.79 Å². The fourth-order valence-electron chi connectivity index (χ4n) is 3.74. The first-order valence-corrected chi connectivity index (χ1v) is 9.54. The number of carbonyl (C=O) groups is 1. The zero-order chi connectivity index (χ0) is 18.6. The zero-order valence-electron chi connectivity index (χ0n) is 15.3. The Kier molecular flexibility index (Phi) is 5.01. The molecule has 1 heterocycles. The highest BCUT2D eigenvalue weighted by molar-refractivity contribution is 5.90. The molecule has 0 bridgehead atoms. The van der Waals surface area contributed by atoms with Gasteiger partial charge in [0.05, 0.1) is 18.7 Å². The summed E-state index contributed by atoms with van der Waals surface area (Å²) in [5, 5.41) is 9.63. The number of benzene rings is 2. The van der Waals surface area contributed by atoms with Crippen molar-refractivity contribution in [3.05, 3.63) is 75.7 Å². The van der Waals surface area contributed by atoms with Crippen LogP contribution in [-0.2, 0) is 30.6 Å². The van der Waals surface area contributed by atoms with E-state index in [0.717, 1.165) is 53.3 Å². The molecule has 0 fully saturated rings. The normalized spacial score (nSPS) is 13.3. The highest BCUT2D eigenvalue weighted by Crippen LogP contribution is 2.19. The van der Waals surface area contributed by atoms with Crippen molar-refractivity contribution in [1.29, 1.82) is 0 Å². The van der Waals surface area contributed by atoms with Crippen molar-refractivity contribution in [3.8, 4) is 0 Å². The van der Waals surface area contributed by atoms with Gasteiger partial charge in [-0.3, -0.25) is 9.59 Å². The van der Waals surface area contributed by atoms with Crippen LogP contribution in [0.25, 0.3) is 10.8 Å². The lowest BCUT2D eigenvalue weighted by Gasteiger charge is -2.16. The number of hydrogen-bond acceptors (Lipinski definition) is 3. The minimum Gasteiger partial charge on any atom is -0.354 e. The largest absolute Gasteiger partial charge is 0.354 e. The molecule has 0 aliphatic heterocycles. The van der Waals surface area contributed by atoms with Gasteiger partial charge < -0.3 is 5.32 Å². The monoisotopic (exact) mass is 361 g/mol. The van der Waals surface area contributed by atoms with Crippen molar-refractivity contribution in [2.24, 2.45) is 0 Å². The van der Waals surface area contributed by atoms with E-state index in [1.54, 1.807) is 6.07 Å². The first-order chi connectivity index (χ1) is 13.2. The molecule has 2 aromatic carbocycles. The van der Waals surface area contributed by atoms with E-state index >= 15 is 0 Å². The lowest BCUT2D eigenvalue weighted by atomic mass is 9.97. The molecular formula is C22H23N3O2. The van der Waals surface area contributed by atoms with Gasteiger partial charge in [0, 0.05) is 12.6 Å². The third kappa shape index (κ3) is 3.92. The second-order valence-electron chi connectivity index (χ2n) is 7.05. The average molecular weight is 361 g/mol. The van der Waals surface area contributed by atoms with E-state index in [0.29, 0.717) is 19.5 Å². The van der Waals surface area contributed by atoms with E-state index < -0.39 is 0 Å². The Balaban J connectivity index is 1.38. The number of carbonyl (C=O) groups excluding carboxylic acids is 1. The number of rotatable bonds is 5. The molecule has 0 saturated heterocycles. The molecule has 1 aliphatic rings. The summed E-state index contributed by atoms with van der Waals surface area (Å²) in [5.41, 5.74) is 3.04. The highest BCUT2D eigenvalue weighted by Gasteiger charge is 2.13. The van der Waals surface area contributed by atoms with Crippen LogP contribution in [0.3, 0.4) is 0 Å². The van der Waals surface area contributed by atoms with Crippen LogP contribution in [0.5, 0.6) is 0 Å². The summed E-state index contributed by atoms with van der Waals surface area (Å²) in [6.45, 7) is 0.794. The van der Waals surface area contributed by atoms with Crippen LogP contribution < -0.4 is 10.9 Å². The lowest BCUT2D eigenvalue weighted by molar-refractivity contribution is -0.120. The van der Waals surface area contributed by atoms with Gasteiger partial charge in [-0.25, -0.2) is 4.68 Å². The second kappa shape index (κ2) is 7.74. The maximum Gasteiger partial charge on any atom is 0.267 e. The topological polar surface area (TPSA) is 64.0 Å². The quantitative estimate of drug-likeness (QED) is 0.760. The van der Waals surface area contributed by atoms with Crippen LogP contribution >= 0.6 is 0 Å². The molecule has 5 heteroatoms. The maximum atomic E-state index is 12.3. The lowest BCUT2D eigenvalue weighted by Crippen LogP contribution is -2.33. The van der Waals surface area contributed by atoms with Gasteiger partial charge in [0.2, 0.25) is 5.91 Å². The van der Waals surface area contributed by atoms with Gasteiger partial charge >= 0.3 is 0 Å². The standard InChI is InChI=1S/C22H23N3O2/c26-21(14-17-9-5-8-16-6-1-3-10-19(16)17)23-12-13-25-22(27)15-18-7-2-4-11-20(18)24-25/h1,3,5-6,8-10,15H,2,4,7,11-14H2,(H,23,26). The Morgan fingerprint density at radius 1 is 1.07 bits per heavy atom. The van der Waals surface area contributed by atoms with Crippen molar-refractivity contribution in [1.82, 2.24) is 15.1 Å². The molecule has 1 amide bonds. The molecule has 27 heavy (non-hydrogen) atoms. The summed E-state index contributed by atoms with van der Waals surface area (Å²) >= 11 is 0. The molecule has 0 atom stereocenters. The van der Waals surface area contributed by atoms with Gasteiger partial charge in [0.1, 0.15) is 0 Å². The van der Waals surface area contributed by atoms with Crippen molar-refractivity contribution in [2.75, 3.05) is 6.54 Å². The van der Waals surface area contributed by atoms with Gasteiger partial charge in [-0.2, -0.15) is 5.10 Å². The van der Waals surface area contributed by atoms with Gasteiger partial charge in [-0.15, -0.1) is 0 Å². The van der Waals surface area contributed by atoms with Gasteiger partial charge in [0.15, 0.2) is 0 Å². The van der Waals surface area contributed by atoms with Crippen LogP contribution in [0.4, 0.5) is 0 Å². The molecule has 138 valence electrons. The Hall–Kier alpha value is -2.95. The third-order valence-corrected chi connectivity index (χ3v) is 5.15. The number of amides is 1. The molecule has 5 nitrogen and oxygen atoms in total. The van der Waals surface area contributed by atoms with E-state index in [2.05, 4.69) is 10.4 Å². The maximum absolute atomic E-state index is 12.3. The SMILES string of the molecule is O=C(Cc1cccc2ccccc12)NCCn1nc2c(cc1=O)CCCC2. The van der Waals surface area contributed by atoms with Crippen LogP contribution in [0, 0.1) is 0 Å². The fraction of sp³-hybridized carbons (Fsp3) is 0.318. The molecule has 1 aromatic heterocycles. The van der Waals surface area contributed by atoms with Gasteiger partial charge in [-0.05, 0) is 47.6 Å². The predicted octanol–water partition coefficient (Wildman–Crippen LogP) is 2.63. The van der Waals surface area contributed by atoms with E-state index in [1.807, 2.05) is 42.5 Å². The number of nitrogens with zero attached hydrogens (tertiary/aromatic N) is 2. The first-order valence-electron chi connectivity index (χ1n) is 9.54.